The molecule has 0 N–H and O–H groups in total. The van der Waals surface area contributed by atoms with Crippen molar-refractivity contribution in [3.63, 3.8) is 0 Å². The van der Waals surface area contributed by atoms with Gasteiger partial charge in [0.1, 0.15) is 12.6 Å². The van der Waals surface area contributed by atoms with E-state index in [1.807, 2.05) is 91.0 Å². The Balaban J connectivity index is 0.000000236. The summed E-state index contributed by atoms with van der Waals surface area (Å²) in [5.41, 5.74) is 4.97. The summed E-state index contributed by atoms with van der Waals surface area (Å²) in [6, 6.07) is 41.7. The molecule has 0 aliphatic heterocycles. The average Bonchev–Trinajstić information content (AvgIpc) is 3.11. The Morgan fingerprint density at radius 2 is 0.756 bits per heavy atom. The highest BCUT2D eigenvalue weighted by Crippen LogP contribution is 2.11. The molecule has 0 heterocycles. The fraction of sp³-hybridized carbons (Fsp3) is 0.0250. The summed E-state index contributed by atoms with van der Waals surface area (Å²) in [6.07, 6.45) is 8.12. The maximum absolute atomic E-state index is 12.1. The van der Waals surface area contributed by atoms with Gasteiger partial charge in [0.25, 0.3) is 0 Å². The van der Waals surface area contributed by atoms with Gasteiger partial charge < -0.3 is 0 Å². The van der Waals surface area contributed by atoms with Gasteiger partial charge in [-0.15, -0.1) is 0 Å². The number of ketones is 3. The molecule has 222 valence electrons. The van der Waals surface area contributed by atoms with Gasteiger partial charge in [0, 0.05) is 27.8 Å². The standard InChI is InChI=1S/C24H18O2.C8H6O2.C8H8O/c25-23(21-10-3-1-4-11-21)16-14-19-8-7-9-20(18-19)15-17-24(26)22-12-5-2-6-13-22;9-5-7-2-1-3-8(4-7)6-10;1-7(9)8-5-3-2-4-6-8/h1-18H;1-6H;2-6H,1H3/b16-14+,17-15+;;. The number of hydrogen-bond acceptors (Lipinski definition) is 5. The first-order chi connectivity index (χ1) is 21.9. The summed E-state index contributed by atoms with van der Waals surface area (Å²) >= 11 is 0. The summed E-state index contributed by atoms with van der Waals surface area (Å²) in [7, 11) is 0. The summed E-state index contributed by atoms with van der Waals surface area (Å²) in [5.74, 6) is 0.0483. The summed E-state index contributed by atoms with van der Waals surface area (Å²) < 4.78 is 0. The molecule has 0 radical (unpaired) electrons. The van der Waals surface area contributed by atoms with E-state index in [-0.39, 0.29) is 17.3 Å². The molecule has 0 amide bonds. The number of carbonyl (C=O) groups excluding carboxylic acids is 5. The van der Waals surface area contributed by atoms with Gasteiger partial charge in [-0.2, -0.15) is 0 Å². The van der Waals surface area contributed by atoms with Gasteiger partial charge in [0.05, 0.1) is 0 Å². The molecule has 5 rings (SSSR count). The van der Waals surface area contributed by atoms with E-state index in [1.54, 1.807) is 79.8 Å². The normalized spacial score (nSPS) is 10.2. The minimum absolute atomic E-state index is 0.0363. The Kier molecular flexibility index (Phi) is 13.7. The zero-order valence-electron chi connectivity index (χ0n) is 24.8. The second kappa shape index (κ2) is 18.5. The van der Waals surface area contributed by atoms with Crippen molar-refractivity contribution < 1.29 is 24.0 Å². The van der Waals surface area contributed by atoms with Crippen LogP contribution in [0.4, 0.5) is 0 Å². The predicted molar refractivity (Wildman–Crippen MR) is 180 cm³/mol. The van der Waals surface area contributed by atoms with Gasteiger partial charge in [-0.05, 0) is 42.3 Å². The monoisotopic (exact) mass is 592 g/mol. The van der Waals surface area contributed by atoms with Crippen molar-refractivity contribution in [2.75, 3.05) is 0 Å². The predicted octanol–water partition coefficient (Wildman–Crippen LogP) is 8.68. The smallest absolute Gasteiger partial charge is 0.185 e. The second-order valence-corrected chi connectivity index (χ2v) is 9.63. The maximum atomic E-state index is 12.1. The Labute approximate surface area is 263 Å². The molecule has 0 spiro atoms. The molecule has 5 aromatic rings. The van der Waals surface area contributed by atoms with Crippen molar-refractivity contribution in [3.05, 3.63) is 191 Å². The van der Waals surface area contributed by atoms with Gasteiger partial charge in [-0.1, -0.05) is 140 Å². The molecule has 5 aromatic carbocycles. The first-order valence-corrected chi connectivity index (χ1v) is 14.1. The highest BCUT2D eigenvalue weighted by molar-refractivity contribution is 6.07. The van der Waals surface area contributed by atoms with Gasteiger partial charge in [-0.3, -0.25) is 24.0 Å². The van der Waals surface area contributed by atoms with Gasteiger partial charge >= 0.3 is 0 Å². The van der Waals surface area contributed by atoms with Crippen LogP contribution in [0.25, 0.3) is 12.2 Å². The zero-order chi connectivity index (χ0) is 32.3. The van der Waals surface area contributed by atoms with Crippen molar-refractivity contribution in [1.29, 1.82) is 0 Å². The van der Waals surface area contributed by atoms with E-state index in [0.29, 0.717) is 34.8 Å². The first kappa shape index (κ1) is 33.4. The lowest BCUT2D eigenvalue weighted by Crippen LogP contribution is -1.93. The number of carbonyl (C=O) groups is 5. The van der Waals surface area contributed by atoms with Crippen molar-refractivity contribution in [3.8, 4) is 0 Å². The van der Waals surface area contributed by atoms with Crippen molar-refractivity contribution in [2.45, 2.75) is 6.92 Å². The van der Waals surface area contributed by atoms with Gasteiger partial charge in [0.15, 0.2) is 17.3 Å². The van der Waals surface area contributed by atoms with Crippen LogP contribution < -0.4 is 0 Å². The van der Waals surface area contributed by atoms with Crippen LogP contribution in [0.1, 0.15) is 69.8 Å². The van der Waals surface area contributed by atoms with E-state index in [0.717, 1.165) is 16.7 Å². The Morgan fingerprint density at radius 1 is 0.422 bits per heavy atom. The third-order valence-corrected chi connectivity index (χ3v) is 6.24. The lowest BCUT2D eigenvalue weighted by Gasteiger charge is -1.98. The first-order valence-electron chi connectivity index (χ1n) is 14.1. The van der Waals surface area contributed by atoms with E-state index in [4.69, 9.17) is 0 Å². The Bertz CT molecular complexity index is 1670. The van der Waals surface area contributed by atoms with Crippen LogP contribution >= 0.6 is 0 Å². The van der Waals surface area contributed by atoms with Crippen molar-refractivity contribution >= 4 is 42.1 Å². The number of allylic oxidation sites excluding steroid dienone is 2. The van der Waals surface area contributed by atoms with Gasteiger partial charge in [-0.25, -0.2) is 0 Å². The van der Waals surface area contributed by atoms with Crippen LogP contribution in [-0.4, -0.2) is 29.9 Å². The lowest BCUT2D eigenvalue weighted by molar-refractivity contribution is 0.101. The van der Waals surface area contributed by atoms with Crippen molar-refractivity contribution in [2.24, 2.45) is 0 Å². The maximum Gasteiger partial charge on any atom is 0.185 e. The quantitative estimate of drug-likeness (QED) is 0.0971. The van der Waals surface area contributed by atoms with Crippen LogP contribution in [0, 0.1) is 0 Å². The molecule has 0 unspecified atom stereocenters. The van der Waals surface area contributed by atoms with Crippen LogP contribution in [0.5, 0.6) is 0 Å². The minimum atomic E-state index is -0.0363. The summed E-state index contributed by atoms with van der Waals surface area (Å²) in [4.78, 5) is 55.2. The summed E-state index contributed by atoms with van der Waals surface area (Å²) in [5, 5.41) is 0. The zero-order valence-corrected chi connectivity index (χ0v) is 24.8. The van der Waals surface area contributed by atoms with Crippen LogP contribution in [0.3, 0.4) is 0 Å². The molecular weight excluding hydrogens is 560 g/mol. The largest absolute Gasteiger partial charge is 0.298 e. The molecule has 0 atom stereocenters. The molecule has 45 heavy (non-hydrogen) atoms. The molecule has 0 saturated heterocycles. The minimum Gasteiger partial charge on any atom is -0.298 e. The molecule has 0 aliphatic rings. The van der Waals surface area contributed by atoms with E-state index < -0.39 is 0 Å². The molecule has 5 heteroatoms. The van der Waals surface area contributed by atoms with E-state index >= 15 is 0 Å². The van der Waals surface area contributed by atoms with E-state index in [9.17, 15) is 24.0 Å². The highest BCUT2D eigenvalue weighted by atomic mass is 16.1. The summed E-state index contributed by atoms with van der Waals surface area (Å²) in [6.45, 7) is 1.56. The molecule has 0 bridgehead atoms. The fourth-order valence-electron chi connectivity index (χ4n) is 3.89. The van der Waals surface area contributed by atoms with Crippen molar-refractivity contribution in [1.82, 2.24) is 0 Å². The van der Waals surface area contributed by atoms with Crippen LogP contribution in [-0.2, 0) is 0 Å². The molecule has 0 aromatic heterocycles. The third kappa shape index (κ3) is 12.0. The van der Waals surface area contributed by atoms with E-state index in [2.05, 4.69) is 0 Å². The number of aldehydes is 2. The van der Waals surface area contributed by atoms with Crippen LogP contribution in [0.2, 0.25) is 0 Å². The van der Waals surface area contributed by atoms with E-state index in [1.165, 1.54) is 0 Å². The molecule has 0 aliphatic carbocycles. The molecule has 0 fully saturated rings. The molecule has 0 saturated carbocycles. The average molecular weight is 593 g/mol. The fourth-order valence-corrected chi connectivity index (χ4v) is 3.89. The highest BCUT2D eigenvalue weighted by Gasteiger charge is 2.01. The number of benzene rings is 5. The van der Waals surface area contributed by atoms with Gasteiger partial charge in [0.2, 0.25) is 0 Å². The van der Waals surface area contributed by atoms with Crippen LogP contribution in [0.15, 0.2) is 152 Å². The molecular formula is C40H32O5. The number of rotatable bonds is 9. The number of Topliss-reactive ketones (excluding diaryl/α,β-unsaturated/α-hetero) is 1. The third-order valence-electron chi connectivity index (χ3n) is 6.24. The molecule has 5 nitrogen and oxygen atoms in total. The topological polar surface area (TPSA) is 85.3 Å². The lowest BCUT2D eigenvalue weighted by atomic mass is 10.1. The Hall–Kier alpha value is -6.07. The Morgan fingerprint density at radius 3 is 1.09 bits per heavy atom. The second-order valence-electron chi connectivity index (χ2n) is 9.63. The number of hydrogen-bond donors (Lipinski definition) is 0. The SMILES string of the molecule is CC(=O)c1ccccc1.O=C(/C=C/c1cccc(/C=C/C(=O)c2ccccc2)c1)c1ccccc1.O=Cc1cccc(C=O)c1.